The summed E-state index contributed by atoms with van der Waals surface area (Å²) in [5.41, 5.74) is 0.533. The second-order valence-corrected chi connectivity index (χ2v) is 9.20. The fourth-order valence-corrected chi connectivity index (χ4v) is 4.12. The van der Waals surface area contributed by atoms with Gasteiger partial charge in [0.05, 0.1) is 12.6 Å². The van der Waals surface area contributed by atoms with Crippen LogP contribution in [0.3, 0.4) is 0 Å². The van der Waals surface area contributed by atoms with Crippen molar-refractivity contribution in [2.75, 3.05) is 13.2 Å². The van der Waals surface area contributed by atoms with Crippen LogP contribution in [0.15, 0.2) is 0 Å². The minimum absolute atomic E-state index is 0.375. The SMILES string of the molecule is CC(C)C(=O)NC(C(=O)NCC(F)(F)C(=O)O)C(C)OCC1CCC2(CCC2)CC1. The molecular formula is C21H34F2N2O5. The van der Waals surface area contributed by atoms with Gasteiger partial charge in [-0.15, -0.1) is 0 Å². The third-order valence-electron chi connectivity index (χ3n) is 6.55. The van der Waals surface area contributed by atoms with E-state index in [-0.39, 0.29) is 0 Å². The number of hydrogen-bond donors (Lipinski definition) is 3. The van der Waals surface area contributed by atoms with Crippen LogP contribution >= 0.6 is 0 Å². The van der Waals surface area contributed by atoms with E-state index >= 15 is 0 Å². The number of rotatable bonds is 10. The predicted octanol–water partition coefficient (Wildman–Crippen LogP) is 2.73. The van der Waals surface area contributed by atoms with Gasteiger partial charge in [0.15, 0.2) is 0 Å². The Hall–Kier alpha value is -1.77. The van der Waals surface area contributed by atoms with Crippen molar-refractivity contribution in [3.63, 3.8) is 0 Å². The van der Waals surface area contributed by atoms with Gasteiger partial charge in [-0.1, -0.05) is 20.3 Å². The first-order chi connectivity index (χ1) is 14.0. The number of carboxylic acids is 1. The zero-order valence-electron chi connectivity index (χ0n) is 18.0. The Morgan fingerprint density at radius 1 is 1.10 bits per heavy atom. The lowest BCUT2D eigenvalue weighted by Gasteiger charge is -2.47. The van der Waals surface area contributed by atoms with Gasteiger partial charge >= 0.3 is 11.9 Å². The van der Waals surface area contributed by atoms with Gasteiger partial charge in [0.1, 0.15) is 6.04 Å². The second kappa shape index (κ2) is 10.0. The van der Waals surface area contributed by atoms with E-state index in [2.05, 4.69) is 5.32 Å². The summed E-state index contributed by atoms with van der Waals surface area (Å²) in [5, 5.41) is 13.0. The van der Waals surface area contributed by atoms with Gasteiger partial charge in [-0.25, -0.2) is 4.79 Å². The van der Waals surface area contributed by atoms with E-state index in [1.807, 2.05) is 5.32 Å². The van der Waals surface area contributed by atoms with Crippen LogP contribution in [0.2, 0.25) is 0 Å². The average molecular weight is 433 g/mol. The minimum atomic E-state index is -4.09. The van der Waals surface area contributed by atoms with Crippen molar-refractivity contribution in [2.24, 2.45) is 17.3 Å². The van der Waals surface area contributed by atoms with Crippen LogP contribution in [0.4, 0.5) is 8.78 Å². The Morgan fingerprint density at radius 3 is 2.17 bits per heavy atom. The largest absolute Gasteiger partial charge is 0.477 e. The van der Waals surface area contributed by atoms with Crippen molar-refractivity contribution in [1.82, 2.24) is 10.6 Å². The third-order valence-corrected chi connectivity index (χ3v) is 6.55. The molecule has 0 radical (unpaired) electrons. The molecule has 172 valence electrons. The fraction of sp³-hybridized carbons (Fsp3) is 0.857. The van der Waals surface area contributed by atoms with Crippen molar-refractivity contribution in [2.45, 2.75) is 83.8 Å². The molecule has 2 rings (SSSR count). The third kappa shape index (κ3) is 6.36. The number of nitrogens with one attached hydrogen (secondary N) is 2. The summed E-state index contributed by atoms with van der Waals surface area (Å²) in [5.74, 6) is -7.76. The second-order valence-electron chi connectivity index (χ2n) is 9.20. The number of halogens is 2. The van der Waals surface area contributed by atoms with Crippen molar-refractivity contribution >= 4 is 17.8 Å². The van der Waals surface area contributed by atoms with E-state index in [1.165, 1.54) is 32.1 Å². The van der Waals surface area contributed by atoms with Crippen LogP contribution in [0, 0.1) is 17.3 Å². The molecular weight excluding hydrogens is 398 g/mol. The van der Waals surface area contributed by atoms with Gasteiger partial charge in [0.25, 0.3) is 0 Å². The van der Waals surface area contributed by atoms with Gasteiger partial charge in [-0.3, -0.25) is 9.59 Å². The molecule has 2 atom stereocenters. The summed E-state index contributed by atoms with van der Waals surface area (Å²) in [6, 6.07) is -1.19. The minimum Gasteiger partial charge on any atom is -0.477 e. The van der Waals surface area contributed by atoms with E-state index in [0.717, 1.165) is 12.8 Å². The van der Waals surface area contributed by atoms with Crippen LogP contribution in [-0.4, -0.2) is 54.1 Å². The Labute approximate surface area is 176 Å². The van der Waals surface area contributed by atoms with E-state index in [4.69, 9.17) is 9.84 Å². The molecule has 3 N–H and O–H groups in total. The Morgan fingerprint density at radius 2 is 1.70 bits per heavy atom. The topological polar surface area (TPSA) is 105 Å². The lowest BCUT2D eigenvalue weighted by molar-refractivity contribution is -0.164. The van der Waals surface area contributed by atoms with Crippen LogP contribution in [0.1, 0.15) is 65.7 Å². The maximum Gasteiger partial charge on any atom is 0.376 e. The number of carboxylic acid groups (broad SMARTS) is 1. The summed E-state index contributed by atoms with van der Waals surface area (Å²) in [4.78, 5) is 35.1. The van der Waals surface area contributed by atoms with E-state index in [1.54, 1.807) is 20.8 Å². The average Bonchev–Trinajstić information content (AvgIpc) is 2.67. The summed E-state index contributed by atoms with van der Waals surface area (Å²) in [7, 11) is 0. The highest BCUT2D eigenvalue weighted by molar-refractivity contribution is 5.89. The van der Waals surface area contributed by atoms with Crippen molar-refractivity contribution < 1.29 is 33.0 Å². The Kier molecular flexibility index (Phi) is 8.19. The van der Waals surface area contributed by atoms with Gasteiger partial charge in [-0.2, -0.15) is 8.78 Å². The monoisotopic (exact) mass is 432 g/mol. The molecule has 0 saturated heterocycles. The number of ether oxygens (including phenoxy) is 1. The number of hydrogen-bond acceptors (Lipinski definition) is 4. The fourth-order valence-electron chi connectivity index (χ4n) is 4.12. The predicted molar refractivity (Wildman–Crippen MR) is 106 cm³/mol. The summed E-state index contributed by atoms with van der Waals surface area (Å²) >= 11 is 0. The van der Waals surface area contributed by atoms with Crippen LogP contribution in [0.25, 0.3) is 0 Å². The molecule has 0 aromatic rings. The van der Waals surface area contributed by atoms with E-state index in [0.29, 0.717) is 17.9 Å². The molecule has 2 unspecified atom stereocenters. The van der Waals surface area contributed by atoms with Crippen LogP contribution in [-0.2, 0) is 19.1 Å². The maximum atomic E-state index is 13.3. The van der Waals surface area contributed by atoms with Crippen LogP contribution in [0.5, 0.6) is 0 Å². The Bertz CT molecular complexity index is 627. The van der Waals surface area contributed by atoms with E-state index < -0.39 is 48.3 Å². The molecule has 2 aliphatic carbocycles. The molecule has 0 aromatic carbocycles. The lowest BCUT2D eigenvalue weighted by Crippen LogP contribution is -2.56. The molecule has 1 spiro atoms. The molecule has 0 aliphatic heterocycles. The smallest absolute Gasteiger partial charge is 0.376 e. The number of carbonyl (C=O) groups is 3. The highest BCUT2D eigenvalue weighted by Crippen LogP contribution is 2.52. The number of amides is 2. The summed E-state index contributed by atoms with van der Waals surface area (Å²) in [6.07, 6.45) is 7.68. The molecule has 0 aromatic heterocycles. The first-order valence-corrected chi connectivity index (χ1v) is 10.8. The molecule has 7 nitrogen and oxygen atoms in total. The number of carbonyl (C=O) groups excluding carboxylic acids is 2. The van der Waals surface area contributed by atoms with Gasteiger partial charge in [-0.05, 0) is 56.8 Å². The summed E-state index contributed by atoms with van der Waals surface area (Å²) in [6.45, 7) is 3.98. The Balaban J connectivity index is 1.91. The van der Waals surface area contributed by atoms with E-state index in [9.17, 15) is 23.2 Å². The summed E-state index contributed by atoms with van der Waals surface area (Å²) < 4.78 is 32.5. The van der Waals surface area contributed by atoms with Crippen molar-refractivity contribution in [3.8, 4) is 0 Å². The standard InChI is InChI=1S/C21H34F2N2O5/c1-13(2)17(26)25-16(18(27)24-12-21(22,23)19(28)29)14(3)30-11-15-5-9-20(10-6-15)7-4-8-20/h13-16H,4-12H2,1-3H3,(H,24,27)(H,25,26)(H,28,29). The zero-order chi connectivity index (χ0) is 22.5. The first-order valence-electron chi connectivity index (χ1n) is 10.8. The molecule has 2 fully saturated rings. The molecule has 0 bridgehead atoms. The normalized spacial score (nSPS) is 21.0. The number of alkyl halides is 2. The van der Waals surface area contributed by atoms with Gasteiger partial charge in [0, 0.05) is 12.5 Å². The molecule has 2 aliphatic rings. The van der Waals surface area contributed by atoms with Crippen LogP contribution < -0.4 is 10.6 Å². The quantitative estimate of drug-likeness (QED) is 0.492. The highest BCUT2D eigenvalue weighted by Gasteiger charge is 2.41. The van der Waals surface area contributed by atoms with Gasteiger partial charge in [0.2, 0.25) is 11.8 Å². The zero-order valence-corrected chi connectivity index (χ0v) is 18.0. The first kappa shape index (κ1) is 24.5. The maximum absolute atomic E-state index is 13.3. The highest BCUT2D eigenvalue weighted by atomic mass is 19.3. The molecule has 2 saturated carbocycles. The van der Waals surface area contributed by atoms with Gasteiger partial charge < -0.3 is 20.5 Å². The van der Waals surface area contributed by atoms with Crippen molar-refractivity contribution in [1.29, 1.82) is 0 Å². The lowest BCUT2D eigenvalue weighted by atomic mass is 9.59. The molecule has 2 amide bonds. The van der Waals surface area contributed by atoms with Crippen molar-refractivity contribution in [3.05, 3.63) is 0 Å². The molecule has 0 heterocycles. The number of aliphatic carboxylic acids is 1. The molecule has 9 heteroatoms. The molecule has 30 heavy (non-hydrogen) atoms.